The third-order valence-corrected chi connectivity index (χ3v) is 2.51. The van der Waals surface area contributed by atoms with Crippen LogP contribution in [0.25, 0.3) is 0 Å². The quantitative estimate of drug-likeness (QED) is 0.321. The summed E-state index contributed by atoms with van der Waals surface area (Å²) in [5.41, 5.74) is 0. The van der Waals surface area contributed by atoms with Crippen molar-refractivity contribution in [3.63, 3.8) is 0 Å². The number of hydrogen-bond donors (Lipinski definition) is 3. The van der Waals surface area contributed by atoms with Crippen molar-refractivity contribution >= 4 is 0 Å². The fourth-order valence-electron chi connectivity index (χ4n) is 1.56. The van der Waals surface area contributed by atoms with Crippen LogP contribution in [0, 0.1) is 138 Å². The minimum Gasteiger partial charge on any atom is -0.394 e. The van der Waals surface area contributed by atoms with E-state index in [-0.39, 0.29) is 151 Å². The maximum absolute atomic E-state index is 9.48. The zero-order valence-corrected chi connectivity index (χ0v) is 23.3. The molecule has 0 amide bonds. The third-order valence-electron chi connectivity index (χ3n) is 2.51. The van der Waals surface area contributed by atoms with Crippen LogP contribution >= 0.6 is 0 Å². The van der Waals surface area contributed by atoms with Crippen LogP contribution in [0.1, 0.15) is 13.8 Å². The fourth-order valence-corrected chi connectivity index (χ4v) is 1.56. The Hall–Kier alpha value is 4.16. The van der Waals surface area contributed by atoms with Crippen molar-refractivity contribution in [1.29, 1.82) is 0 Å². The molecule has 15 heavy (non-hydrogen) atoms. The molecule has 3 radical (unpaired) electrons. The van der Waals surface area contributed by atoms with E-state index >= 15 is 0 Å². The van der Waals surface area contributed by atoms with Gasteiger partial charge in [0.15, 0.2) is 0 Å². The summed E-state index contributed by atoms with van der Waals surface area (Å²) in [6.07, 6.45) is -2.30. The molecule has 1 saturated heterocycles. The molecule has 0 bridgehead atoms. The van der Waals surface area contributed by atoms with Gasteiger partial charge in [0.05, 0.1) is 24.9 Å². The first-order chi connectivity index (χ1) is 5.57. The Bertz CT molecular complexity index is 156. The topological polar surface area (TPSA) is 69.9 Å². The number of aliphatic hydroxyl groups excluding tert-OH is 3. The van der Waals surface area contributed by atoms with Crippen molar-refractivity contribution in [2.75, 3.05) is 6.61 Å². The number of aliphatic hydroxyl groups is 3. The van der Waals surface area contributed by atoms with Crippen LogP contribution in [-0.4, -0.2) is 46.3 Å². The zero-order chi connectivity index (χ0) is 9.30. The van der Waals surface area contributed by atoms with Gasteiger partial charge in [-0.2, -0.15) is 0 Å². The average molecular weight is 857 g/mol. The molecule has 3 N–H and O–H groups in total. The predicted octanol–water partition coefficient (Wildman–Crippen LogP) is -0.876. The first-order valence-corrected chi connectivity index (χ1v) is 4.20. The van der Waals surface area contributed by atoms with Crippen LogP contribution in [0.2, 0.25) is 0 Å². The molecule has 1 aliphatic heterocycles. The van der Waals surface area contributed by atoms with Crippen LogP contribution in [0.5, 0.6) is 0 Å². The summed E-state index contributed by atoms with van der Waals surface area (Å²) >= 11 is 0. The molecule has 0 saturated carbocycles. The summed E-state index contributed by atoms with van der Waals surface area (Å²) in [7, 11) is 0. The maximum Gasteiger partial charge on any atom is 0.107 e. The van der Waals surface area contributed by atoms with Gasteiger partial charge in [0.2, 0.25) is 0 Å². The smallest absolute Gasteiger partial charge is 0.107 e. The molecule has 0 aromatic rings. The summed E-state index contributed by atoms with van der Waals surface area (Å²) in [6.45, 7) is 3.27. The van der Waals surface area contributed by atoms with E-state index in [4.69, 9.17) is 9.84 Å². The number of ether oxygens (including phenoxy) is 1. The summed E-state index contributed by atoms with van der Waals surface area (Å²) in [5, 5.41) is 27.8. The minimum absolute atomic E-state index is 0. The molecule has 1 heterocycles. The van der Waals surface area contributed by atoms with Gasteiger partial charge in [0.25, 0.3) is 0 Å². The molecule has 0 aromatic heterocycles. The average Bonchev–Trinajstić information content (AvgIpc) is 2.08. The van der Waals surface area contributed by atoms with Crippen LogP contribution < -0.4 is 0 Å². The van der Waals surface area contributed by atoms with Gasteiger partial charge >= 0.3 is 0 Å². The van der Waals surface area contributed by atoms with E-state index in [1.807, 2.05) is 0 Å². The number of hydrogen-bond acceptors (Lipinski definition) is 4. The largest absolute Gasteiger partial charge is 0.394 e. The molecule has 2 unspecified atom stereocenters. The molecular weight excluding hydrogens is 841 g/mol. The van der Waals surface area contributed by atoms with Gasteiger partial charge in [0, 0.05) is 138 Å². The summed E-state index contributed by atoms with van der Waals surface area (Å²) in [6, 6.07) is 0. The Morgan fingerprint density at radius 1 is 1.00 bits per heavy atom. The van der Waals surface area contributed by atoms with Gasteiger partial charge in [-0.25, -0.2) is 0 Å². The summed E-state index contributed by atoms with van der Waals surface area (Å²) in [4.78, 5) is 0. The molecule has 4 nitrogen and oxygen atoms in total. The predicted molar refractivity (Wildman–Crippen MR) is 42.6 cm³/mol. The van der Waals surface area contributed by atoms with Crippen LogP contribution in [-0.2, 0) is 4.74 Å². The Labute approximate surface area is 198 Å². The van der Waals surface area contributed by atoms with Crippen molar-refractivity contribution in [3.8, 4) is 0 Å². The SMILES string of the molecule is C[C@@H]1OC(CO)[C@H](O)[C@H](C)C1O.[Ac].[Ac].[Ac]. The van der Waals surface area contributed by atoms with E-state index in [1.165, 1.54) is 0 Å². The molecule has 1 rings (SSSR count). The molecule has 1 aliphatic rings. The van der Waals surface area contributed by atoms with Crippen molar-refractivity contribution in [3.05, 3.63) is 0 Å². The minimum atomic E-state index is -0.777. The van der Waals surface area contributed by atoms with E-state index in [0.29, 0.717) is 0 Å². The summed E-state index contributed by atoms with van der Waals surface area (Å²) < 4.78 is 5.18. The Morgan fingerprint density at radius 2 is 1.47 bits per heavy atom. The first-order valence-electron chi connectivity index (χ1n) is 4.20. The monoisotopic (exact) mass is 857 g/mol. The molecule has 81 valence electrons. The second-order valence-corrected chi connectivity index (χ2v) is 3.40. The maximum atomic E-state index is 9.48. The third kappa shape index (κ3) is 6.93. The Kier molecular flexibility index (Phi) is 19.3. The van der Waals surface area contributed by atoms with E-state index in [2.05, 4.69) is 0 Å². The van der Waals surface area contributed by atoms with Crippen molar-refractivity contribution < 1.29 is 152 Å². The molecule has 7 heteroatoms. The van der Waals surface area contributed by atoms with E-state index < -0.39 is 18.3 Å². The van der Waals surface area contributed by atoms with Gasteiger partial charge in [0.1, 0.15) is 6.10 Å². The van der Waals surface area contributed by atoms with E-state index in [0.717, 1.165) is 0 Å². The Balaban J connectivity index is -0.000000480. The zero-order valence-electron chi connectivity index (χ0n) is 9.08. The molecule has 0 spiro atoms. The van der Waals surface area contributed by atoms with Gasteiger partial charge in [-0.3, -0.25) is 0 Å². The molecule has 5 atom stereocenters. The molecule has 0 aliphatic carbocycles. The van der Waals surface area contributed by atoms with Crippen LogP contribution in [0.15, 0.2) is 0 Å². The van der Waals surface area contributed by atoms with E-state index in [9.17, 15) is 10.2 Å². The molecular formula is C8H16Ac3O4. The van der Waals surface area contributed by atoms with Crippen molar-refractivity contribution in [2.24, 2.45) is 5.92 Å². The second-order valence-electron chi connectivity index (χ2n) is 3.40. The second kappa shape index (κ2) is 11.9. The van der Waals surface area contributed by atoms with E-state index in [1.54, 1.807) is 13.8 Å². The molecule has 1 fully saturated rings. The van der Waals surface area contributed by atoms with Crippen molar-refractivity contribution in [2.45, 2.75) is 38.3 Å². The van der Waals surface area contributed by atoms with Crippen molar-refractivity contribution in [1.82, 2.24) is 0 Å². The Morgan fingerprint density at radius 3 is 1.87 bits per heavy atom. The van der Waals surface area contributed by atoms with Gasteiger partial charge in [-0.1, -0.05) is 6.92 Å². The normalized spacial score (nSPS) is 39.4. The first kappa shape index (κ1) is 24.2. The van der Waals surface area contributed by atoms with Gasteiger partial charge in [-0.05, 0) is 6.92 Å². The van der Waals surface area contributed by atoms with Gasteiger partial charge in [-0.15, -0.1) is 0 Å². The van der Waals surface area contributed by atoms with Gasteiger partial charge < -0.3 is 20.1 Å². The van der Waals surface area contributed by atoms with Crippen LogP contribution in [0.3, 0.4) is 0 Å². The fraction of sp³-hybridized carbons (Fsp3) is 1.00. The molecule has 0 aromatic carbocycles. The standard InChI is InChI=1S/C8H16O4.3Ac/c1-4-7(10)5(2)12-6(3-9)8(4)11;;;/h4-11H,3H2,1-2H3;;;/t4-,5+,6?,7?,8-;;;/m1.../s1. The summed E-state index contributed by atoms with van der Waals surface area (Å²) in [5.74, 6) is -0.245. The number of rotatable bonds is 1. The van der Waals surface area contributed by atoms with Crippen LogP contribution in [0.4, 0.5) is 0 Å².